The van der Waals surface area contributed by atoms with E-state index in [4.69, 9.17) is 48.6 Å². The molecule has 0 radical (unpaired) electrons. The fraction of sp³-hybridized carbons (Fsp3) is 0.472. The molecular weight excluding hydrogens is 777 g/mol. The molecule has 0 saturated heterocycles. The quantitative estimate of drug-likeness (QED) is 0.0237. The van der Waals surface area contributed by atoms with E-state index in [9.17, 15) is 27.6 Å². The Balaban J connectivity index is 2.19. The molecule has 3 atom stereocenters. The van der Waals surface area contributed by atoms with Gasteiger partial charge in [-0.1, -0.05) is 0 Å². The first kappa shape index (κ1) is 47.8. The molecule has 21 nitrogen and oxygen atoms in total. The maximum absolute atomic E-state index is 13.7. The molecule has 2 aromatic rings. The number of hydrogen-bond donors (Lipinski definition) is 9. The number of hydrogen-bond acceptors (Lipinski definition) is 12. The van der Waals surface area contributed by atoms with Crippen LogP contribution in [0.2, 0.25) is 0 Å². The number of benzene rings is 2. The van der Waals surface area contributed by atoms with Crippen molar-refractivity contribution in [3.05, 3.63) is 48.5 Å². The highest BCUT2D eigenvalue weighted by atomic mass is 32.2. The van der Waals surface area contributed by atoms with Crippen LogP contribution in [0.15, 0.2) is 73.3 Å². The van der Waals surface area contributed by atoms with Crippen LogP contribution in [0.3, 0.4) is 0 Å². The van der Waals surface area contributed by atoms with Gasteiger partial charge in [0.2, 0.25) is 21.7 Å². The molecule has 0 aliphatic carbocycles. The molecule has 0 unspecified atom stereocenters. The zero-order chi connectivity index (χ0) is 43.3. The lowest BCUT2D eigenvalue weighted by Crippen LogP contribution is -2.56. The molecule has 58 heavy (non-hydrogen) atoms. The van der Waals surface area contributed by atoms with Crippen LogP contribution in [0.1, 0.15) is 52.4 Å². The summed E-state index contributed by atoms with van der Waals surface area (Å²) in [6, 6.07) is 8.01. The van der Waals surface area contributed by atoms with Crippen LogP contribution in [0.4, 0.5) is 0 Å². The van der Waals surface area contributed by atoms with E-state index in [1.807, 2.05) is 13.8 Å². The molecule has 0 aliphatic heterocycles. The molecule has 320 valence electrons. The van der Waals surface area contributed by atoms with E-state index in [1.54, 1.807) is 12.1 Å². The van der Waals surface area contributed by atoms with Crippen LogP contribution in [-0.2, 0) is 33.8 Å². The van der Waals surface area contributed by atoms with Gasteiger partial charge < -0.3 is 64.6 Å². The minimum absolute atomic E-state index is 0.0000738. The standard InChI is InChI=1S/C36H56N12O9S/c1-22(2)57-24-12-16-26(17-13-24)58(53,54)25-14-10-23(11-15-25)56-21-30(49)46-27(7-4-18-43-34(37)38)31(50)47-28(8-5-19-44-35(39)40)32(51)48-29(33(52)55-3)9-6-20-45-36(41)42/h10-17,22,27-29H,4-9,18-21H2,1-3H3,(H,46,49)(H,47,50)(H,48,51)(H4,37,38,43)(H4,39,40,44)(H4,41,42,45)/t27-,28-,29-/m0/s1. The average molecular weight is 833 g/mol. The van der Waals surface area contributed by atoms with E-state index in [1.165, 1.54) is 36.4 Å². The summed E-state index contributed by atoms with van der Waals surface area (Å²) in [5, 5.41) is 7.85. The fourth-order valence-electron chi connectivity index (χ4n) is 5.19. The molecule has 22 heteroatoms. The van der Waals surface area contributed by atoms with Crippen molar-refractivity contribution in [1.82, 2.24) is 16.0 Å². The van der Waals surface area contributed by atoms with Gasteiger partial charge in [-0.2, -0.15) is 0 Å². The lowest BCUT2D eigenvalue weighted by molar-refractivity contribution is -0.145. The highest BCUT2D eigenvalue weighted by Gasteiger charge is 2.30. The molecule has 0 bridgehead atoms. The highest BCUT2D eigenvalue weighted by Crippen LogP contribution is 2.25. The zero-order valence-corrected chi connectivity index (χ0v) is 33.7. The van der Waals surface area contributed by atoms with E-state index in [0.29, 0.717) is 12.2 Å². The number of guanidine groups is 3. The summed E-state index contributed by atoms with van der Waals surface area (Å²) in [4.78, 5) is 64.7. The van der Waals surface area contributed by atoms with Gasteiger partial charge in [0.25, 0.3) is 5.91 Å². The smallest absolute Gasteiger partial charge is 0.328 e. The third-order valence-corrected chi connectivity index (χ3v) is 9.72. The Hall–Kier alpha value is -6.32. The van der Waals surface area contributed by atoms with Crippen LogP contribution in [0.25, 0.3) is 0 Å². The van der Waals surface area contributed by atoms with Crippen molar-refractivity contribution in [2.24, 2.45) is 49.4 Å². The van der Waals surface area contributed by atoms with Gasteiger partial charge in [0, 0.05) is 19.6 Å². The SMILES string of the molecule is COC(=O)[C@H](CCCN=C(N)N)NC(=O)[C@H](CCCN=C(N)N)NC(=O)[C@H](CCCN=C(N)N)NC(=O)COc1ccc(S(=O)(=O)c2ccc(OC(C)C)cc2)cc1. The summed E-state index contributed by atoms with van der Waals surface area (Å²) in [7, 11) is -2.70. The van der Waals surface area contributed by atoms with Gasteiger partial charge >= 0.3 is 5.97 Å². The van der Waals surface area contributed by atoms with Crippen LogP contribution in [-0.4, -0.2) is 108 Å². The molecule has 2 aromatic carbocycles. The van der Waals surface area contributed by atoms with Crippen molar-refractivity contribution < 1.29 is 41.8 Å². The lowest BCUT2D eigenvalue weighted by atomic mass is 10.1. The Labute approximate surface area is 337 Å². The lowest BCUT2D eigenvalue weighted by Gasteiger charge is -2.25. The summed E-state index contributed by atoms with van der Waals surface area (Å²) < 4.78 is 42.4. The van der Waals surface area contributed by atoms with E-state index in [-0.39, 0.29) is 91.3 Å². The second-order valence-electron chi connectivity index (χ2n) is 13.0. The first-order valence-corrected chi connectivity index (χ1v) is 19.8. The summed E-state index contributed by atoms with van der Waals surface area (Å²) in [6.07, 6.45) is 0.947. The Bertz CT molecular complexity index is 1840. The molecule has 0 fully saturated rings. The average Bonchev–Trinajstić information content (AvgIpc) is 3.16. The first-order valence-electron chi connectivity index (χ1n) is 18.3. The summed E-state index contributed by atoms with van der Waals surface area (Å²) >= 11 is 0. The third-order valence-electron chi connectivity index (χ3n) is 7.93. The molecule has 15 N–H and O–H groups in total. The van der Waals surface area contributed by atoms with Gasteiger partial charge in [-0.05, 0) is 101 Å². The molecule has 0 spiro atoms. The highest BCUT2D eigenvalue weighted by molar-refractivity contribution is 7.91. The number of esters is 1. The zero-order valence-electron chi connectivity index (χ0n) is 32.9. The number of rotatable bonds is 25. The summed E-state index contributed by atoms with van der Waals surface area (Å²) in [5.41, 5.74) is 32.4. The van der Waals surface area contributed by atoms with Gasteiger partial charge in [0.15, 0.2) is 24.5 Å². The molecule has 2 rings (SSSR count). The molecule has 3 amide bonds. The van der Waals surface area contributed by atoms with Crippen molar-refractivity contribution in [3.8, 4) is 11.5 Å². The van der Waals surface area contributed by atoms with Gasteiger partial charge in [-0.25, -0.2) is 13.2 Å². The monoisotopic (exact) mass is 832 g/mol. The van der Waals surface area contributed by atoms with Gasteiger partial charge in [0.05, 0.1) is 23.0 Å². The molecule has 0 aliphatic rings. The van der Waals surface area contributed by atoms with Crippen LogP contribution >= 0.6 is 0 Å². The number of nitrogens with zero attached hydrogens (tertiary/aromatic N) is 3. The Kier molecular flexibility index (Phi) is 20.1. The molecular formula is C36H56N12O9S. The van der Waals surface area contributed by atoms with Crippen molar-refractivity contribution >= 4 is 51.4 Å². The molecule has 0 heterocycles. The third kappa shape index (κ3) is 17.6. The maximum Gasteiger partial charge on any atom is 0.328 e. The summed E-state index contributed by atoms with van der Waals surface area (Å²) in [6.45, 7) is 3.62. The van der Waals surface area contributed by atoms with Crippen molar-refractivity contribution in [3.63, 3.8) is 0 Å². The van der Waals surface area contributed by atoms with Crippen LogP contribution < -0.4 is 59.8 Å². The number of nitrogens with two attached hydrogens (primary N) is 6. The Morgan fingerprint density at radius 3 is 1.43 bits per heavy atom. The minimum atomic E-state index is -3.86. The van der Waals surface area contributed by atoms with E-state index < -0.39 is 58.3 Å². The number of amides is 3. The number of methoxy groups -OCH3 is 1. The predicted molar refractivity (Wildman–Crippen MR) is 217 cm³/mol. The number of carbonyl (C=O) groups excluding carboxylic acids is 4. The van der Waals surface area contributed by atoms with Crippen LogP contribution in [0, 0.1) is 0 Å². The minimum Gasteiger partial charge on any atom is -0.491 e. The number of nitrogens with one attached hydrogen (secondary N) is 3. The Morgan fingerprint density at radius 2 is 1.02 bits per heavy atom. The van der Waals surface area contributed by atoms with E-state index in [0.717, 1.165) is 7.11 Å². The number of sulfone groups is 1. The number of ether oxygens (including phenoxy) is 3. The predicted octanol–water partition coefficient (Wildman–Crippen LogP) is -1.53. The van der Waals surface area contributed by atoms with E-state index in [2.05, 4.69) is 30.9 Å². The van der Waals surface area contributed by atoms with E-state index >= 15 is 0 Å². The normalized spacial score (nSPS) is 12.5. The van der Waals surface area contributed by atoms with Crippen molar-refractivity contribution in [2.75, 3.05) is 33.4 Å². The second-order valence-corrected chi connectivity index (χ2v) is 15.0. The largest absolute Gasteiger partial charge is 0.491 e. The Morgan fingerprint density at radius 1 is 0.621 bits per heavy atom. The first-order chi connectivity index (χ1) is 27.4. The topological polar surface area (TPSA) is 359 Å². The molecule has 0 saturated carbocycles. The van der Waals surface area contributed by atoms with Gasteiger partial charge in [-0.15, -0.1) is 0 Å². The van der Waals surface area contributed by atoms with Crippen molar-refractivity contribution in [2.45, 2.75) is 86.4 Å². The number of carbonyl (C=O) groups is 4. The maximum atomic E-state index is 13.7. The fourth-order valence-corrected chi connectivity index (χ4v) is 6.45. The second kappa shape index (κ2) is 24.3. The van der Waals surface area contributed by atoms with Gasteiger partial charge in [0.1, 0.15) is 29.6 Å². The summed E-state index contributed by atoms with van der Waals surface area (Å²) in [5.74, 6) is -2.63. The molecule has 0 aromatic heterocycles. The number of aliphatic imine (C=N–C) groups is 3. The van der Waals surface area contributed by atoms with Crippen molar-refractivity contribution in [1.29, 1.82) is 0 Å². The van der Waals surface area contributed by atoms with Crippen LogP contribution in [0.5, 0.6) is 11.5 Å². The van der Waals surface area contributed by atoms with Gasteiger partial charge in [-0.3, -0.25) is 29.4 Å².